The van der Waals surface area contributed by atoms with Crippen molar-refractivity contribution in [1.29, 1.82) is 0 Å². The summed E-state index contributed by atoms with van der Waals surface area (Å²) in [4.78, 5) is 32.6. The average molecular weight is 566 g/mol. The van der Waals surface area contributed by atoms with Crippen molar-refractivity contribution >= 4 is 36.0 Å². The number of fused-ring (bicyclic) bond motifs is 6. The summed E-state index contributed by atoms with van der Waals surface area (Å²) >= 11 is 0. The minimum Gasteiger partial charge on any atom is -0.449 e. The number of aliphatic imine (C=N–C) groups is 2. The Morgan fingerprint density at radius 3 is 2.05 bits per heavy atom. The number of allylic oxidation sites excluding steroid dienone is 4. The van der Waals surface area contributed by atoms with Gasteiger partial charge in [-0.25, -0.2) is 19.7 Å². The fraction of sp³-hybridized carbons (Fsp3) is 0.400. The van der Waals surface area contributed by atoms with E-state index in [1.807, 2.05) is 13.1 Å². The number of aromatic nitrogens is 2. The minimum absolute atomic E-state index is 0.274. The van der Waals surface area contributed by atoms with Gasteiger partial charge in [0.1, 0.15) is 5.84 Å². The van der Waals surface area contributed by atoms with Gasteiger partial charge in [-0.05, 0) is 118 Å². The van der Waals surface area contributed by atoms with Gasteiger partial charge in [0.05, 0.1) is 29.1 Å². The fourth-order valence-corrected chi connectivity index (χ4v) is 6.41. The lowest BCUT2D eigenvalue weighted by Crippen LogP contribution is -2.35. The Hall–Kier alpha value is -4.13. The van der Waals surface area contributed by atoms with E-state index in [4.69, 9.17) is 14.7 Å². The summed E-state index contributed by atoms with van der Waals surface area (Å²) in [5.41, 5.74) is 14.2. The van der Waals surface area contributed by atoms with Crippen molar-refractivity contribution in [3.63, 3.8) is 0 Å². The molecule has 0 fully saturated rings. The maximum absolute atomic E-state index is 13.5. The molecule has 0 unspecified atom stereocenters. The van der Waals surface area contributed by atoms with E-state index in [9.17, 15) is 4.79 Å². The van der Waals surface area contributed by atoms with Crippen molar-refractivity contribution in [2.75, 3.05) is 6.61 Å². The summed E-state index contributed by atoms with van der Waals surface area (Å²) in [5, 5.41) is 1.89. The quantitative estimate of drug-likeness (QED) is 0.424. The first-order valence-corrected chi connectivity index (χ1v) is 15.3. The summed E-state index contributed by atoms with van der Waals surface area (Å²) in [5.74, 6) is 0.603. The maximum Gasteiger partial charge on any atom is 0.419 e. The van der Waals surface area contributed by atoms with Crippen molar-refractivity contribution < 1.29 is 9.53 Å². The van der Waals surface area contributed by atoms with E-state index in [2.05, 4.69) is 83.6 Å². The first-order chi connectivity index (χ1) is 20.2. The van der Waals surface area contributed by atoms with E-state index in [0.717, 1.165) is 81.6 Å². The molecule has 5 rings (SSSR count). The smallest absolute Gasteiger partial charge is 0.419 e. The Morgan fingerprint density at radius 2 is 1.40 bits per heavy atom. The lowest BCUT2D eigenvalue weighted by molar-refractivity contribution is 0.140. The van der Waals surface area contributed by atoms with Gasteiger partial charge in [0.15, 0.2) is 0 Å². The zero-order valence-corrected chi connectivity index (χ0v) is 26.5. The first-order valence-electron chi connectivity index (χ1n) is 15.3. The number of hydrogen-bond acceptors (Lipinski definition) is 4. The van der Waals surface area contributed by atoms with Crippen molar-refractivity contribution in [3.8, 4) is 0 Å². The van der Waals surface area contributed by atoms with E-state index >= 15 is 0 Å². The Labute approximate surface area is 248 Å². The summed E-state index contributed by atoms with van der Waals surface area (Å²) in [6, 6.07) is 0. The van der Waals surface area contributed by atoms with Crippen LogP contribution in [0.3, 0.4) is 0 Å². The number of amides is 1. The van der Waals surface area contributed by atoms with Crippen molar-refractivity contribution in [1.82, 2.24) is 14.9 Å². The summed E-state index contributed by atoms with van der Waals surface area (Å²) in [6.45, 7) is 19.3. The van der Waals surface area contributed by atoms with E-state index in [1.54, 1.807) is 4.90 Å². The van der Waals surface area contributed by atoms with E-state index in [1.165, 1.54) is 27.8 Å². The molecule has 0 aromatic carbocycles. The van der Waals surface area contributed by atoms with E-state index < -0.39 is 6.09 Å². The highest BCUT2D eigenvalue weighted by Gasteiger charge is 2.30. The first kappa shape index (κ1) is 29.4. The zero-order valence-electron chi connectivity index (χ0n) is 26.5. The molecule has 3 aliphatic heterocycles. The second kappa shape index (κ2) is 11.6. The average Bonchev–Trinajstić information content (AvgIpc) is 3.64. The molecule has 0 aliphatic carbocycles. The molecule has 3 aliphatic rings. The second-order valence-electron chi connectivity index (χ2n) is 11.1. The summed E-state index contributed by atoms with van der Waals surface area (Å²) in [7, 11) is 0. The molecule has 0 spiro atoms. The van der Waals surface area contributed by atoms with Crippen LogP contribution in [0, 0.1) is 13.8 Å². The molecule has 42 heavy (non-hydrogen) atoms. The zero-order chi connectivity index (χ0) is 30.3. The van der Waals surface area contributed by atoms with Crippen LogP contribution in [0.25, 0.3) is 18.4 Å². The molecule has 220 valence electrons. The predicted octanol–water partition coefficient (Wildman–Crippen LogP) is 6.67. The summed E-state index contributed by atoms with van der Waals surface area (Å²) in [6.07, 6.45) is 11.2. The van der Waals surface area contributed by atoms with Gasteiger partial charge in [0, 0.05) is 28.5 Å². The maximum atomic E-state index is 13.5. The van der Waals surface area contributed by atoms with E-state index in [-0.39, 0.29) is 6.61 Å². The number of carbonyl (C=O) groups excluding carboxylic acids is 1. The van der Waals surface area contributed by atoms with Gasteiger partial charge in [-0.3, -0.25) is 0 Å². The molecule has 2 aromatic heterocycles. The second-order valence-corrected chi connectivity index (χ2v) is 11.1. The molecule has 1 amide bonds. The van der Waals surface area contributed by atoms with Crippen LogP contribution in [0.15, 0.2) is 49.7 Å². The predicted molar refractivity (Wildman–Crippen MR) is 173 cm³/mol. The lowest BCUT2D eigenvalue weighted by Gasteiger charge is -2.19. The molecular weight excluding hydrogens is 522 g/mol. The third kappa shape index (κ3) is 4.85. The molecule has 0 saturated carbocycles. The van der Waals surface area contributed by atoms with Crippen LogP contribution in [0.1, 0.15) is 94.9 Å². The number of nitrogens with one attached hydrogen (secondary N) is 2. The van der Waals surface area contributed by atoms with Crippen LogP contribution in [-0.2, 0) is 17.6 Å². The minimum atomic E-state index is -0.447. The molecule has 7 nitrogen and oxygen atoms in total. The normalized spacial score (nSPS) is 16.5. The topological polar surface area (TPSA) is 85.8 Å². The molecule has 8 bridgehead atoms. The molecule has 5 heterocycles. The Bertz CT molecular complexity index is 1780. The number of nitrogens with zero attached hydrogens (tertiary/aromatic N) is 3. The van der Waals surface area contributed by atoms with E-state index in [0.29, 0.717) is 5.84 Å². The number of hydrogen-bond donors (Lipinski definition) is 2. The van der Waals surface area contributed by atoms with Crippen LogP contribution in [0.2, 0.25) is 0 Å². The van der Waals surface area contributed by atoms with Gasteiger partial charge in [0.2, 0.25) is 0 Å². The monoisotopic (exact) mass is 565 g/mol. The highest BCUT2D eigenvalue weighted by Crippen LogP contribution is 2.34. The Kier molecular flexibility index (Phi) is 8.13. The van der Waals surface area contributed by atoms with Crippen LogP contribution in [-0.4, -0.2) is 39.1 Å². The van der Waals surface area contributed by atoms with Gasteiger partial charge >= 0.3 is 6.09 Å². The Morgan fingerprint density at radius 1 is 0.738 bits per heavy atom. The lowest BCUT2D eigenvalue weighted by atomic mass is 10.00. The van der Waals surface area contributed by atoms with Crippen LogP contribution < -0.4 is 10.7 Å². The number of rotatable bonds is 5. The van der Waals surface area contributed by atoms with Crippen LogP contribution in [0.4, 0.5) is 4.79 Å². The molecule has 0 radical (unpaired) electrons. The molecule has 0 atom stereocenters. The SMILES string of the molecule is CCOC(=O)N1C=c2[nH]c(c(CC)c2C)=Cc2[nH]c(c(CC)c2C)C=C2N=C(C=C3N=C1C(CC)=C3C)C(CC)=C2C. The van der Waals surface area contributed by atoms with Gasteiger partial charge in [-0.15, -0.1) is 0 Å². The van der Waals surface area contributed by atoms with Gasteiger partial charge < -0.3 is 14.7 Å². The van der Waals surface area contributed by atoms with Crippen molar-refractivity contribution in [3.05, 3.63) is 84.1 Å². The molecule has 0 saturated heterocycles. The number of aromatic amines is 2. The number of ether oxygens (including phenoxy) is 1. The van der Waals surface area contributed by atoms with Crippen LogP contribution in [0.5, 0.6) is 0 Å². The Balaban J connectivity index is 1.90. The third-order valence-corrected chi connectivity index (χ3v) is 8.83. The molecule has 2 aromatic rings. The molecule has 2 N–H and O–H groups in total. The number of H-pyrrole nitrogens is 2. The summed E-state index contributed by atoms with van der Waals surface area (Å²) < 4.78 is 5.55. The number of amidine groups is 1. The van der Waals surface area contributed by atoms with Crippen molar-refractivity contribution in [2.45, 2.75) is 88.0 Å². The largest absolute Gasteiger partial charge is 0.449 e. The van der Waals surface area contributed by atoms with Crippen LogP contribution >= 0.6 is 0 Å². The standard InChI is InChI=1S/C35H43N5O2/c1-10-23-19(6)28-16-32-25(12-3)21(8)33(38-32)18-40(35(41)42-14-5)34-26(13-4)22(9)29(39-34)17-31-24(11-2)20(7)27(37-31)15-30(23)36-28/h15-18,36,38H,10-14H2,1-9H3. The molecule has 7 heteroatoms. The number of carbonyl (C=O) groups is 1. The van der Waals surface area contributed by atoms with Gasteiger partial charge in [-0.2, -0.15) is 0 Å². The van der Waals surface area contributed by atoms with Crippen molar-refractivity contribution in [2.24, 2.45) is 9.98 Å². The van der Waals surface area contributed by atoms with Gasteiger partial charge in [0.25, 0.3) is 0 Å². The fourth-order valence-electron chi connectivity index (χ4n) is 6.41. The highest BCUT2D eigenvalue weighted by molar-refractivity contribution is 6.16. The third-order valence-electron chi connectivity index (χ3n) is 8.83. The van der Waals surface area contributed by atoms with Gasteiger partial charge in [-0.1, -0.05) is 27.7 Å². The highest BCUT2D eigenvalue weighted by atomic mass is 16.6. The molecular formula is C35H43N5O2.